The SMILES string of the molecule is Cc1cscc1N=C(N)NO. The molecule has 0 aliphatic carbocycles. The molecule has 11 heavy (non-hydrogen) atoms. The summed E-state index contributed by atoms with van der Waals surface area (Å²) < 4.78 is 0. The predicted octanol–water partition coefficient (Wildman–Crippen LogP) is 0.982. The normalized spacial score (nSPS) is 11.6. The molecule has 1 rings (SSSR count). The molecule has 0 saturated carbocycles. The maximum Gasteiger partial charge on any atom is 0.218 e. The van der Waals surface area contributed by atoms with Crippen LogP contribution in [-0.4, -0.2) is 11.2 Å². The fourth-order valence-corrected chi connectivity index (χ4v) is 1.38. The molecule has 1 aromatic rings. The van der Waals surface area contributed by atoms with Crippen molar-refractivity contribution in [1.29, 1.82) is 0 Å². The van der Waals surface area contributed by atoms with E-state index in [-0.39, 0.29) is 5.96 Å². The second-order valence-corrected chi connectivity index (χ2v) is 2.79. The van der Waals surface area contributed by atoms with Gasteiger partial charge in [-0.15, -0.1) is 11.3 Å². The average Bonchev–Trinajstić information content (AvgIpc) is 2.37. The standard InChI is InChI=1S/C6H9N3OS/c1-4-2-11-3-5(4)8-6(7)9-10/h2-3,10H,1H3,(H3,7,8,9). The van der Waals surface area contributed by atoms with Crippen LogP contribution in [-0.2, 0) is 0 Å². The van der Waals surface area contributed by atoms with Gasteiger partial charge in [-0.1, -0.05) is 0 Å². The molecular weight excluding hydrogens is 162 g/mol. The highest BCUT2D eigenvalue weighted by Gasteiger charge is 1.96. The van der Waals surface area contributed by atoms with E-state index in [1.54, 1.807) is 16.8 Å². The second-order valence-electron chi connectivity index (χ2n) is 2.05. The molecular formula is C6H9N3OS. The molecule has 0 saturated heterocycles. The molecule has 0 atom stereocenters. The molecule has 0 radical (unpaired) electrons. The van der Waals surface area contributed by atoms with Crippen LogP contribution in [0.5, 0.6) is 0 Å². The molecule has 60 valence electrons. The summed E-state index contributed by atoms with van der Waals surface area (Å²) >= 11 is 1.55. The highest BCUT2D eigenvalue weighted by atomic mass is 32.1. The lowest BCUT2D eigenvalue weighted by Crippen LogP contribution is -2.27. The maximum atomic E-state index is 8.32. The van der Waals surface area contributed by atoms with Crippen LogP contribution < -0.4 is 11.2 Å². The van der Waals surface area contributed by atoms with E-state index in [2.05, 4.69) is 4.99 Å². The third kappa shape index (κ3) is 1.92. The first-order valence-electron chi connectivity index (χ1n) is 3.01. The lowest BCUT2D eigenvalue weighted by atomic mass is 10.3. The number of aliphatic imine (C=N–C) groups is 1. The van der Waals surface area contributed by atoms with Crippen LogP contribution in [0.4, 0.5) is 5.69 Å². The summed E-state index contributed by atoms with van der Waals surface area (Å²) in [7, 11) is 0. The molecule has 0 aliphatic heterocycles. The molecule has 0 fully saturated rings. The van der Waals surface area contributed by atoms with E-state index in [4.69, 9.17) is 10.9 Å². The molecule has 1 aromatic heterocycles. The minimum absolute atomic E-state index is 0.00602. The first-order chi connectivity index (χ1) is 5.24. The van der Waals surface area contributed by atoms with Crippen molar-refractivity contribution in [2.24, 2.45) is 10.7 Å². The first kappa shape index (κ1) is 8.03. The summed E-state index contributed by atoms with van der Waals surface area (Å²) in [6.07, 6.45) is 0. The number of hydroxylamine groups is 1. The zero-order valence-electron chi connectivity index (χ0n) is 6.03. The van der Waals surface area contributed by atoms with Gasteiger partial charge in [-0.25, -0.2) is 10.5 Å². The topological polar surface area (TPSA) is 70.6 Å². The van der Waals surface area contributed by atoms with Crippen LogP contribution in [0.25, 0.3) is 0 Å². The molecule has 0 spiro atoms. The number of nitrogens with one attached hydrogen (secondary N) is 1. The lowest BCUT2D eigenvalue weighted by Gasteiger charge is -1.95. The minimum atomic E-state index is 0.00602. The smallest absolute Gasteiger partial charge is 0.218 e. The Hall–Kier alpha value is -1.07. The summed E-state index contributed by atoms with van der Waals surface area (Å²) in [4.78, 5) is 3.88. The number of nitrogens with zero attached hydrogens (tertiary/aromatic N) is 1. The Morgan fingerprint density at radius 1 is 1.73 bits per heavy atom. The first-order valence-corrected chi connectivity index (χ1v) is 3.95. The van der Waals surface area contributed by atoms with Crippen molar-refractivity contribution in [3.63, 3.8) is 0 Å². The monoisotopic (exact) mass is 171 g/mol. The number of hydrogen-bond donors (Lipinski definition) is 3. The number of guanidine groups is 1. The van der Waals surface area contributed by atoms with Gasteiger partial charge < -0.3 is 5.73 Å². The van der Waals surface area contributed by atoms with Crippen LogP contribution in [0, 0.1) is 6.92 Å². The lowest BCUT2D eigenvalue weighted by molar-refractivity contribution is 0.233. The van der Waals surface area contributed by atoms with Gasteiger partial charge in [0.2, 0.25) is 5.96 Å². The van der Waals surface area contributed by atoms with E-state index in [1.807, 2.05) is 17.7 Å². The molecule has 0 aliphatic rings. The van der Waals surface area contributed by atoms with E-state index in [0.29, 0.717) is 0 Å². The molecule has 5 heteroatoms. The zero-order chi connectivity index (χ0) is 8.27. The summed E-state index contributed by atoms with van der Waals surface area (Å²) in [6.45, 7) is 1.93. The van der Waals surface area contributed by atoms with Crippen LogP contribution in [0.15, 0.2) is 15.8 Å². The summed E-state index contributed by atoms with van der Waals surface area (Å²) in [5.74, 6) is 0.00602. The van der Waals surface area contributed by atoms with E-state index < -0.39 is 0 Å². The molecule has 0 amide bonds. The molecule has 0 bridgehead atoms. The summed E-state index contributed by atoms with van der Waals surface area (Å²) in [6, 6.07) is 0. The van der Waals surface area contributed by atoms with Gasteiger partial charge in [0.25, 0.3) is 0 Å². The fourth-order valence-electron chi connectivity index (χ4n) is 0.623. The largest absolute Gasteiger partial charge is 0.368 e. The maximum absolute atomic E-state index is 8.32. The van der Waals surface area contributed by atoms with E-state index in [0.717, 1.165) is 11.3 Å². The van der Waals surface area contributed by atoms with Crippen LogP contribution in [0.2, 0.25) is 0 Å². The van der Waals surface area contributed by atoms with Crippen molar-refractivity contribution in [2.75, 3.05) is 0 Å². The van der Waals surface area contributed by atoms with Crippen LogP contribution in [0.3, 0.4) is 0 Å². The molecule has 1 heterocycles. The van der Waals surface area contributed by atoms with Gasteiger partial charge >= 0.3 is 0 Å². The van der Waals surface area contributed by atoms with Gasteiger partial charge in [-0.3, -0.25) is 5.21 Å². The van der Waals surface area contributed by atoms with E-state index >= 15 is 0 Å². The fraction of sp³-hybridized carbons (Fsp3) is 0.167. The van der Waals surface area contributed by atoms with Crippen LogP contribution in [0.1, 0.15) is 5.56 Å². The van der Waals surface area contributed by atoms with Gasteiger partial charge in [0.05, 0.1) is 5.69 Å². The predicted molar refractivity (Wildman–Crippen MR) is 45.3 cm³/mol. The third-order valence-corrected chi connectivity index (χ3v) is 2.03. The van der Waals surface area contributed by atoms with Crippen molar-refractivity contribution in [2.45, 2.75) is 6.92 Å². The Balaban J connectivity index is 2.86. The number of thiophene rings is 1. The van der Waals surface area contributed by atoms with Crippen molar-refractivity contribution in [3.8, 4) is 0 Å². The summed E-state index contributed by atoms with van der Waals surface area (Å²) in [5, 5.41) is 12.1. The Labute approximate surface area is 68.3 Å². The molecule has 0 unspecified atom stereocenters. The molecule has 4 N–H and O–H groups in total. The number of hydrogen-bond acceptors (Lipinski definition) is 3. The van der Waals surface area contributed by atoms with Crippen molar-refractivity contribution >= 4 is 23.0 Å². The zero-order valence-corrected chi connectivity index (χ0v) is 6.85. The number of aryl methyl sites for hydroxylation is 1. The minimum Gasteiger partial charge on any atom is -0.368 e. The highest BCUT2D eigenvalue weighted by molar-refractivity contribution is 7.08. The van der Waals surface area contributed by atoms with Gasteiger partial charge in [-0.05, 0) is 17.9 Å². The Kier molecular flexibility index (Phi) is 2.45. The Bertz CT molecular complexity index is 269. The van der Waals surface area contributed by atoms with Crippen molar-refractivity contribution < 1.29 is 5.21 Å². The summed E-state index contributed by atoms with van der Waals surface area (Å²) in [5.41, 5.74) is 8.82. The Morgan fingerprint density at radius 2 is 2.45 bits per heavy atom. The second kappa shape index (κ2) is 3.36. The van der Waals surface area contributed by atoms with Gasteiger partial charge in [0, 0.05) is 5.38 Å². The highest BCUT2D eigenvalue weighted by Crippen LogP contribution is 2.22. The van der Waals surface area contributed by atoms with E-state index in [9.17, 15) is 0 Å². The van der Waals surface area contributed by atoms with E-state index in [1.165, 1.54) is 0 Å². The van der Waals surface area contributed by atoms with Crippen LogP contribution >= 0.6 is 11.3 Å². The van der Waals surface area contributed by atoms with Crippen molar-refractivity contribution in [3.05, 3.63) is 16.3 Å². The molecule has 0 aromatic carbocycles. The third-order valence-electron chi connectivity index (χ3n) is 1.18. The Morgan fingerprint density at radius 3 is 2.91 bits per heavy atom. The van der Waals surface area contributed by atoms with Crippen molar-refractivity contribution in [1.82, 2.24) is 5.48 Å². The van der Waals surface area contributed by atoms with Gasteiger partial charge in [0.1, 0.15) is 0 Å². The quantitative estimate of drug-likeness (QED) is 0.335. The van der Waals surface area contributed by atoms with Gasteiger partial charge in [-0.2, -0.15) is 0 Å². The van der Waals surface area contributed by atoms with Gasteiger partial charge in [0.15, 0.2) is 0 Å². The number of rotatable bonds is 1. The molecule has 4 nitrogen and oxygen atoms in total. The number of nitrogens with two attached hydrogens (primary N) is 1. The average molecular weight is 171 g/mol.